The highest BCUT2D eigenvalue weighted by Gasteiger charge is 2.28. The molecule has 2 heterocycles. The lowest BCUT2D eigenvalue weighted by molar-refractivity contribution is 0.0677. The van der Waals surface area contributed by atoms with E-state index in [-0.39, 0.29) is 24.0 Å². The van der Waals surface area contributed by atoms with Gasteiger partial charge in [0.1, 0.15) is 12.4 Å². The van der Waals surface area contributed by atoms with Crippen molar-refractivity contribution in [3.63, 3.8) is 0 Å². The van der Waals surface area contributed by atoms with Crippen molar-refractivity contribution in [1.29, 1.82) is 0 Å². The number of likely N-dealkylation sites (tertiary alicyclic amines) is 1. The molecule has 0 saturated carbocycles. The van der Waals surface area contributed by atoms with Gasteiger partial charge in [-0.1, -0.05) is 47.6 Å². The van der Waals surface area contributed by atoms with E-state index in [0.717, 1.165) is 19.3 Å². The number of carbonyl (C=O) groups is 1. The van der Waals surface area contributed by atoms with Gasteiger partial charge in [0.2, 0.25) is 0 Å². The molecule has 5 nitrogen and oxygen atoms in total. The van der Waals surface area contributed by atoms with Crippen LogP contribution in [-0.4, -0.2) is 29.1 Å². The molecule has 0 atom stereocenters. The molecule has 6 heteroatoms. The summed E-state index contributed by atoms with van der Waals surface area (Å²) >= 11 is 0. The van der Waals surface area contributed by atoms with Crippen molar-refractivity contribution in [1.82, 2.24) is 10.1 Å². The fourth-order valence-electron chi connectivity index (χ4n) is 3.88. The van der Waals surface area contributed by atoms with Gasteiger partial charge in [-0.25, -0.2) is 4.39 Å². The highest BCUT2D eigenvalue weighted by atomic mass is 19.1. The first-order valence-electron chi connectivity index (χ1n) is 10.3. The number of halogens is 1. The third-order valence-electron chi connectivity index (χ3n) is 5.66. The summed E-state index contributed by atoms with van der Waals surface area (Å²) in [6.45, 7) is 3.14. The molecule has 1 aliphatic heterocycles. The van der Waals surface area contributed by atoms with Crippen LogP contribution in [0.4, 0.5) is 4.39 Å². The molecular formula is C24H25FN2O3. The molecular weight excluding hydrogens is 383 g/mol. The Hall–Kier alpha value is -3.15. The number of amides is 1. The predicted octanol–water partition coefficient (Wildman–Crippen LogP) is 4.80. The topological polar surface area (TPSA) is 55.6 Å². The van der Waals surface area contributed by atoms with Crippen LogP contribution in [0.5, 0.6) is 5.75 Å². The summed E-state index contributed by atoms with van der Waals surface area (Å²) < 4.78 is 24.7. The number of aromatic nitrogens is 1. The Morgan fingerprint density at radius 3 is 2.57 bits per heavy atom. The third-order valence-corrected chi connectivity index (χ3v) is 5.66. The molecule has 2 aromatic carbocycles. The van der Waals surface area contributed by atoms with Gasteiger partial charge < -0.3 is 14.2 Å². The maximum absolute atomic E-state index is 13.8. The molecule has 1 aliphatic rings. The molecule has 3 aromatic rings. The summed E-state index contributed by atoms with van der Waals surface area (Å²) in [5, 5.41) is 3.97. The minimum Gasteiger partial charge on any atom is -0.486 e. The Labute approximate surface area is 175 Å². The van der Waals surface area contributed by atoms with E-state index in [1.54, 1.807) is 25.1 Å². The van der Waals surface area contributed by atoms with Crippen molar-refractivity contribution in [3.05, 3.63) is 83.0 Å². The Kier molecular flexibility index (Phi) is 6.12. The Morgan fingerprint density at radius 1 is 1.13 bits per heavy atom. The van der Waals surface area contributed by atoms with E-state index in [9.17, 15) is 9.18 Å². The molecule has 4 rings (SSSR count). The first-order chi connectivity index (χ1) is 14.6. The lowest BCUT2D eigenvalue weighted by Gasteiger charge is -2.31. The summed E-state index contributed by atoms with van der Waals surface area (Å²) in [5.74, 6) is 0.614. The predicted molar refractivity (Wildman–Crippen MR) is 111 cm³/mol. The molecule has 156 valence electrons. The van der Waals surface area contributed by atoms with E-state index in [1.165, 1.54) is 11.6 Å². The van der Waals surface area contributed by atoms with Crippen LogP contribution >= 0.6 is 0 Å². The average Bonchev–Trinajstić information content (AvgIpc) is 3.14. The molecule has 1 saturated heterocycles. The zero-order chi connectivity index (χ0) is 20.9. The van der Waals surface area contributed by atoms with Crippen LogP contribution in [0.2, 0.25) is 0 Å². The molecule has 0 unspecified atom stereocenters. The zero-order valence-corrected chi connectivity index (χ0v) is 17.0. The molecule has 0 radical (unpaired) electrons. The molecule has 0 spiro atoms. The van der Waals surface area contributed by atoms with Crippen molar-refractivity contribution in [3.8, 4) is 5.75 Å². The molecule has 0 aliphatic carbocycles. The highest BCUT2D eigenvalue weighted by molar-refractivity contribution is 5.93. The van der Waals surface area contributed by atoms with Gasteiger partial charge in [-0.15, -0.1) is 0 Å². The summed E-state index contributed by atoms with van der Waals surface area (Å²) in [4.78, 5) is 14.9. The lowest BCUT2D eigenvalue weighted by Crippen LogP contribution is -2.39. The average molecular weight is 408 g/mol. The number of carbonyl (C=O) groups excluding carboxylic acids is 1. The molecule has 1 aromatic heterocycles. The zero-order valence-electron chi connectivity index (χ0n) is 17.0. The first kappa shape index (κ1) is 20.1. The number of aryl methyl sites for hydroxylation is 1. The monoisotopic (exact) mass is 408 g/mol. The summed E-state index contributed by atoms with van der Waals surface area (Å²) in [5.41, 5.74) is 2.15. The standard InChI is InChI=1S/C24H25FN2O3/c1-17-20(16-29-22-10-6-5-9-21(22)25)23(26-30-17)24(28)27-13-11-19(12-14-27)15-18-7-3-2-4-8-18/h2-10,19H,11-16H2,1H3. The summed E-state index contributed by atoms with van der Waals surface area (Å²) in [7, 11) is 0. The van der Waals surface area contributed by atoms with Gasteiger partial charge in [0.15, 0.2) is 17.3 Å². The number of ether oxygens (including phenoxy) is 1. The van der Waals surface area contributed by atoms with Crippen LogP contribution in [0.1, 0.15) is 40.2 Å². The van der Waals surface area contributed by atoms with Crippen LogP contribution in [-0.2, 0) is 13.0 Å². The number of piperidine rings is 1. The molecule has 1 amide bonds. The van der Waals surface area contributed by atoms with Crippen LogP contribution < -0.4 is 4.74 Å². The van der Waals surface area contributed by atoms with E-state index in [2.05, 4.69) is 29.4 Å². The van der Waals surface area contributed by atoms with Crippen molar-refractivity contribution in [2.75, 3.05) is 13.1 Å². The molecule has 1 fully saturated rings. The highest BCUT2D eigenvalue weighted by Crippen LogP contribution is 2.25. The van der Waals surface area contributed by atoms with Crippen molar-refractivity contribution in [2.24, 2.45) is 5.92 Å². The number of nitrogens with zero attached hydrogens (tertiary/aromatic N) is 2. The second-order valence-electron chi connectivity index (χ2n) is 7.71. The van der Waals surface area contributed by atoms with Crippen LogP contribution in [0.15, 0.2) is 59.1 Å². The van der Waals surface area contributed by atoms with E-state index < -0.39 is 5.82 Å². The van der Waals surface area contributed by atoms with Crippen LogP contribution in [0.3, 0.4) is 0 Å². The second kappa shape index (κ2) is 9.11. The second-order valence-corrected chi connectivity index (χ2v) is 7.71. The van der Waals surface area contributed by atoms with Crippen LogP contribution in [0.25, 0.3) is 0 Å². The SMILES string of the molecule is Cc1onc(C(=O)N2CCC(Cc3ccccc3)CC2)c1COc1ccccc1F. The number of hydrogen-bond acceptors (Lipinski definition) is 4. The van der Waals surface area contributed by atoms with Gasteiger partial charge >= 0.3 is 0 Å². The van der Waals surface area contributed by atoms with Gasteiger partial charge in [0.25, 0.3) is 5.91 Å². The maximum Gasteiger partial charge on any atom is 0.276 e. The fraction of sp³-hybridized carbons (Fsp3) is 0.333. The molecule has 30 heavy (non-hydrogen) atoms. The van der Waals surface area contributed by atoms with Gasteiger partial charge in [0.05, 0.1) is 5.56 Å². The first-order valence-corrected chi connectivity index (χ1v) is 10.3. The minimum absolute atomic E-state index is 0.0296. The third kappa shape index (κ3) is 4.53. The smallest absolute Gasteiger partial charge is 0.276 e. The maximum atomic E-state index is 13.8. The quantitative estimate of drug-likeness (QED) is 0.588. The van der Waals surface area contributed by atoms with Crippen molar-refractivity contribution < 1.29 is 18.4 Å². The Balaban J connectivity index is 1.38. The van der Waals surface area contributed by atoms with Gasteiger partial charge in [-0.3, -0.25) is 4.79 Å². The van der Waals surface area contributed by atoms with Gasteiger partial charge in [-0.2, -0.15) is 0 Å². The summed E-state index contributed by atoms with van der Waals surface area (Å²) in [6, 6.07) is 16.6. The minimum atomic E-state index is -0.444. The van der Waals surface area contributed by atoms with E-state index >= 15 is 0 Å². The number of rotatable bonds is 6. The Morgan fingerprint density at radius 2 is 1.83 bits per heavy atom. The largest absolute Gasteiger partial charge is 0.486 e. The number of benzene rings is 2. The normalized spacial score (nSPS) is 14.7. The fourth-order valence-corrected chi connectivity index (χ4v) is 3.88. The van der Waals surface area contributed by atoms with Crippen molar-refractivity contribution in [2.45, 2.75) is 32.8 Å². The van der Waals surface area contributed by atoms with E-state index in [0.29, 0.717) is 30.3 Å². The molecule has 0 bridgehead atoms. The number of para-hydroxylation sites is 1. The molecule has 0 N–H and O–H groups in total. The van der Waals surface area contributed by atoms with Crippen LogP contribution in [0, 0.1) is 18.7 Å². The lowest BCUT2D eigenvalue weighted by atomic mass is 9.90. The van der Waals surface area contributed by atoms with E-state index in [4.69, 9.17) is 9.26 Å². The Bertz CT molecular complexity index is 995. The van der Waals surface area contributed by atoms with Crippen molar-refractivity contribution >= 4 is 5.91 Å². The van der Waals surface area contributed by atoms with Gasteiger partial charge in [-0.05, 0) is 49.8 Å². The summed E-state index contributed by atoms with van der Waals surface area (Å²) in [6.07, 6.45) is 2.95. The van der Waals surface area contributed by atoms with E-state index in [1.807, 2.05) is 11.0 Å². The number of hydrogen-bond donors (Lipinski definition) is 0. The van der Waals surface area contributed by atoms with Gasteiger partial charge in [0, 0.05) is 13.1 Å².